The van der Waals surface area contributed by atoms with Gasteiger partial charge in [0.1, 0.15) is 18.5 Å². The van der Waals surface area contributed by atoms with Crippen LogP contribution < -0.4 is 15.9 Å². The first-order chi connectivity index (χ1) is 18.7. The topological polar surface area (TPSA) is 36.5 Å². The summed E-state index contributed by atoms with van der Waals surface area (Å²) >= 11 is 0. The molecule has 38 heavy (non-hydrogen) atoms. The summed E-state index contributed by atoms with van der Waals surface area (Å²) in [6.45, 7) is 2.29. The molecule has 0 N–H and O–H groups in total. The molecule has 0 radical (unpaired) electrons. The molecule has 7 heterocycles. The van der Waals surface area contributed by atoms with E-state index >= 15 is 4.57 Å². The fraction of sp³-hybridized carbons (Fsp3) is 0.200. The molecule has 8 heteroatoms. The Hall–Kier alpha value is -4.09. The van der Waals surface area contributed by atoms with Gasteiger partial charge >= 0.3 is 0 Å². The molecule has 0 amide bonds. The molecule has 1 fully saturated rings. The second-order valence-electron chi connectivity index (χ2n) is 10.9. The highest BCUT2D eigenvalue weighted by atomic mass is 31.2. The maximum absolute atomic E-state index is 15.7. The molecule has 7 aliphatic rings. The van der Waals surface area contributed by atoms with Gasteiger partial charge in [-0.25, -0.2) is 0 Å². The molecule has 188 valence electrons. The van der Waals surface area contributed by atoms with Gasteiger partial charge in [0.25, 0.3) is 0 Å². The van der Waals surface area contributed by atoms with Crippen LogP contribution in [-0.4, -0.2) is 49.4 Å². The first kappa shape index (κ1) is 20.9. The minimum atomic E-state index is -3.17. The van der Waals surface area contributed by atoms with Gasteiger partial charge in [-0.1, -0.05) is 54.6 Å². The monoisotopic (exact) mass is 518 g/mol. The van der Waals surface area contributed by atoms with Crippen LogP contribution in [0.15, 0.2) is 110 Å². The van der Waals surface area contributed by atoms with Gasteiger partial charge in [0.05, 0.1) is 20.0 Å². The van der Waals surface area contributed by atoms with Crippen LogP contribution in [0.5, 0.6) is 0 Å². The average Bonchev–Trinajstić information content (AvgIpc) is 3.72. The molecule has 10 rings (SSSR count). The number of nitrogens with zero attached hydrogens (tertiary/aromatic N) is 6. The van der Waals surface area contributed by atoms with Gasteiger partial charge in [-0.05, 0) is 34.9 Å². The van der Waals surface area contributed by atoms with Crippen molar-refractivity contribution in [1.29, 1.82) is 0 Å². The van der Waals surface area contributed by atoms with Crippen molar-refractivity contribution in [2.24, 2.45) is 0 Å². The van der Waals surface area contributed by atoms with Crippen LogP contribution in [0.25, 0.3) is 0 Å². The van der Waals surface area contributed by atoms with E-state index in [1.807, 2.05) is 0 Å². The second kappa shape index (κ2) is 7.27. The van der Waals surface area contributed by atoms with Crippen molar-refractivity contribution < 1.29 is 4.57 Å². The standard InChI is InChI=1S/C30H27N6OP/c37-38-25-7-1-4-22(16-25)28-31-10-12-33(19-31)29(23-5-2-8-26(38)17-23)35-14-15-36(21-35)30(34-13-11-32(28)20-34)24-6-3-9-27(38)18-24/h1-18,28-30H,19-21H2. The van der Waals surface area contributed by atoms with E-state index < -0.39 is 7.14 Å². The zero-order chi connectivity index (χ0) is 25.0. The number of rotatable bonds is 0. The van der Waals surface area contributed by atoms with Gasteiger partial charge in [0.2, 0.25) is 0 Å². The third-order valence-corrected chi connectivity index (χ3v) is 11.8. The molecule has 0 unspecified atom stereocenters. The van der Waals surface area contributed by atoms with Gasteiger partial charge in [0, 0.05) is 53.1 Å². The van der Waals surface area contributed by atoms with E-state index in [1.165, 1.54) is 0 Å². The smallest absolute Gasteiger partial charge is 0.171 e. The van der Waals surface area contributed by atoms with Crippen LogP contribution in [0.1, 0.15) is 35.2 Å². The molecule has 0 aromatic heterocycles. The maximum atomic E-state index is 15.7. The van der Waals surface area contributed by atoms with E-state index in [0.29, 0.717) is 0 Å². The molecule has 0 aliphatic carbocycles. The minimum absolute atomic E-state index is 0.0159. The minimum Gasteiger partial charge on any atom is -0.334 e. The Morgan fingerprint density at radius 3 is 1.05 bits per heavy atom. The fourth-order valence-electron chi connectivity index (χ4n) is 7.13. The molecule has 3 aromatic rings. The zero-order valence-corrected chi connectivity index (χ0v) is 21.7. The summed E-state index contributed by atoms with van der Waals surface area (Å²) in [6.07, 6.45) is 13.3. The number of hydrogen-bond donors (Lipinski definition) is 0. The Bertz CT molecular complexity index is 1410. The lowest BCUT2D eigenvalue weighted by molar-refractivity contribution is -0.00462. The molecule has 0 saturated carbocycles. The quantitative estimate of drug-likeness (QED) is 0.422. The van der Waals surface area contributed by atoms with Crippen molar-refractivity contribution in [3.63, 3.8) is 0 Å². The molecular weight excluding hydrogens is 491 g/mol. The predicted octanol–water partition coefficient (Wildman–Crippen LogP) is 3.50. The molecule has 7 aliphatic heterocycles. The molecule has 3 aromatic carbocycles. The Labute approximate surface area is 222 Å². The number of hydrogen-bond acceptors (Lipinski definition) is 7. The third kappa shape index (κ3) is 2.67. The van der Waals surface area contributed by atoms with Gasteiger partial charge in [-0.3, -0.25) is 0 Å². The van der Waals surface area contributed by atoms with Crippen LogP contribution in [-0.2, 0) is 4.57 Å². The summed E-state index contributed by atoms with van der Waals surface area (Å²) in [6, 6.07) is 25.6. The SMILES string of the molecule is O=P12c3cccc(c3)C3N4C=CN(C4)C(c4cccc1c4)N1C=CN(C1)C(c1cccc2c1)N1C=CN3C1. The van der Waals surface area contributed by atoms with Crippen LogP contribution in [0.4, 0.5) is 0 Å². The molecule has 0 spiro atoms. The van der Waals surface area contributed by atoms with Gasteiger partial charge < -0.3 is 34.0 Å². The largest absolute Gasteiger partial charge is 0.334 e. The lowest BCUT2D eigenvalue weighted by atomic mass is 10.1. The van der Waals surface area contributed by atoms with Crippen molar-refractivity contribution in [1.82, 2.24) is 29.4 Å². The van der Waals surface area contributed by atoms with Gasteiger partial charge in [-0.15, -0.1) is 0 Å². The zero-order valence-electron chi connectivity index (χ0n) is 20.8. The Morgan fingerprint density at radius 2 is 0.763 bits per heavy atom. The second-order valence-corrected chi connectivity index (χ2v) is 13.7. The highest BCUT2D eigenvalue weighted by molar-refractivity contribution is 7.85. The Morgan fingerprint density at radius 1 is 0.474 bits per heavy atom. The van der Waals surface area contributed by atoms with Gasteiger partial charge in [0.15, 0.2) is 7.14 Å². The molecule has 7 nitrogen and oxygen atoms in total. The highest BCUT2D eigenvalue weighted by Gasteiger charge is 2.42. The van der Waals surface area contributed by atoms with E-state index in [4.69, 9.17) is 0 Å². The summed E-state index contributed by atoms with van der Waals surface area (Å²) in [5.74, 6) is 0. The van der Waals surface area contributed by atoms with Crippen LogP contribution >= 0.6 is 7.14 Å². The lowest BCUT2D eigenvalue weighted by Crippen LogP contribution is -2.47. The van der Waals surface area contributed by atoms with Crippen molar-refractivity contribution in [2.75, 3.05) is 20.0 Å². The van der Waals surface area contributed by atoms with Gasteiger partial charge in [-0.2, -0.15) is 0 Å². The molecule has 1 saturated heterocycles. The summed E-state index contributed by atoms with van der Waals surface area (Å²) in [4.78, 5) is 14.5. The Kier molecular flexibility index (Phi) is 4.00. The van der Waals surface area contributed by atoms with Crippen molar-refractivity contribution in [3.8, 4) is 0 Å². The lowest BCUT2D eigenvalue weighted by Gasteiger charge is -2.45. The summed E-state index contributed by atoms with van der Waals surface area (Å²) < 4.78 is 15.7. The van der Waals surface area contributed by atoms with Crippen LogP contribution in [0, 0.1) is 0 Å². The van der Waals surface area contributed by atoms with Crippen molar-refractivity contribution in [3.05, 3.63) is 127 Å². The van der Waals surface area contributed by atoms with Crippen LogP contribution in [0.3, 0.4) is 0 Å². The molecular formula is C30H27N6OP. The van der Waals surface area contributed by atoms with Crippen molar-refractivity contribution in [2.45, 2.75) is 18.5 Å². The highest BCUT2D eigenvalue weighted by Crippen LogP contribution is 2.47. The first-order valence-corrected chi connectivity index (χ1v) is 14.9. The summed E-state index contributed by atoms with van der Waals surface area (Å²) in [7, 11) is -3.17. The van der Waals surface area contributed by atoms with E-state index in [0.717, 1.165) is 52.6 Å². The third-order valence-electron chi connectivity index (χ3n) is 8.81. The maximum Gasteiger partial charge on any atom is 0.171 e. The summed E-state index contributed by atoms with van der Waals surface area (Å²) in [5.41, 5.74) is 3.46. The first-order valence-electron chi connectivity index (χ1n) is 13.2. The van der Waals surface area contributed by atoms with E-state index in [2.05, 4.69) is 139 Å². The van der Waals surface area contributed by atoms with Crippen molar-refractivity contribution >= 4 is 23.1 Å². The predicted molar refractivity (Wildman–Crippen MR) is 147 cm³/mol. The van der Waals surface area contributed by atoms with Crippen LogP contribution in [0.2, 0.25) is 0 Å². The van der Waals surface area contributed by atoms with E-state index in [1.54, 1.807) is 0 Å². The number of benzene rings is 3. The Balaban J connectivity index is 1.45. The van der Waals surface area contributed by atoms with E-state index in [9.17, 15) is 0 Å². The van der Waals surface area contributed by atoms with E-state index in [-0.39, 0.29) is 18.5 Å². The summed E-state index contributed by atoms with van der Waals surface area (Å²) in [5, 5.41) is 2.67. The fourth-order valence-corrected chi connectivity index (χ4v) is 9.90. The molecule has 16 bridgehead atoms. The molecule has 0 atom stereocenters. The normalized spacial score (nSPS) is 29.1. The average molecular weight is 519 g/mol.